The summed E-state index contributed by atoms with van der Waals surface area (Å²) < 4.78 is 18.3. The molecule has 1 heterocycles. The summed E-state index contributed by atoms with van der Waals surface area (Å²) in [5, 5.41) is 13.1. The summed E-state index contributed by atoms with van der Waals surface area (Å²) in [6.45, 7) is 1.80. The van der Waals surface area contributed by atoms with Crippen molar-refractivity contribution in [3.05, 3.63) is 35.9 Å². The highest BCUT2D eigenvalue weighted by molar-refractivity contribution is 5.53. The second-order valence-corrected chi connectivity index (χ2v) is 3.36. The minimum atomic E-state index is -0.774. The van der Waals surface area contributed by atoms with Gasteiger partial charge in [0.25, 0.3) is 5.89 Å². The lowest BCUT2D eigenvalue weighted by Gasteiger charge is -1.98. The number of rotatable bonds is 3. The van der Waals surface area contributed by atoms with Crippen LogP contribution in [0.4, 0.5) is 4.39 Å². The molecular weight excluding hydrogens is 211 g/mol. The van der Waals surface area contributed by atoms with E-state index in [1.807, 2.05) is 0 Å². The zero-order valence-corrected chi connectivity index (χ0v) is 8.72. The third-order valence-corrected chi connectivity index (χ3v) is 2.23. The maximum absolute atomic E-state index is 13.4. The summed E-state index contributed by atoms with van der Waals surface area (Å²) in [7, 11) is 0. The molecule has 1 unspecified atom stereocenters. The maximum atomic E-state index is 13.4. The van der Waals surface area contributed by atoms with Gasteiger partial charge in [0.05, 0.1) is 5.56 Å². The normalized spacial score (nSPS) is 12.7. The molecule has 84 valence electrons. The Kier molecular flexibility index (Phi) is 2.96. The van der Waals surface area contributed by atoms with Crippen molar-refractivity contribution in [3.63, 3.8) is 0 Å². The SMILES string of the molecule is CCC(O)c1noc(-c2ccccc2F)n1. The van der Waals surface area contributed by atoms with Crippen molar-refractivity contribution in [3.8, 4) is 11.5 Å². The molecule has 0 saturated carbocycles. The molecule has 2 aromatic rings. The van der Waals surface area contributed by atoms with Crippen LogP contribution in [0.15, 0.2) is 28.8 Å². The van der Waals surface area contributed by atoms with E-state index in [0.717, 1.165) is 0 Å². The van der Waals surface area contributed by atoms with E-state index in [1.54, 1.807) is 25.1 Å². The smallest absolute Gasteiger partial charge is 0.260 e. The van der Waals surface area contributed by atoms with E-state index in [4.69, 9.17) is 4.52 Å². The van der Waals surface area contributed by atoms with Gasteiger partial charge in [-0.1, -0.05) is 24.2 Å². The molecule has 0 saturated heterocycles. The molecule has 0 radical (unpaired) electrons. The summed E-state index contributed by atoms with van der Waals surface area (Å²) in [4.78, 5) is 3.94. The highest BCUT2D eigenvalue weighted by atomic mass is 19.1. The Hall–Kier alpha value is -1.75. The number of hydrogen-bond donors (Lipinski definition) is 1. The van der Waals surface area contributed by atoms with E-state index < -0.39 is 11.9 Å². The molecule has 1 N–H and O–H groups in total. The molecule has 1 aromatic heterocycles. The highest BCUT2D eigenvalue weighted by Gasteiger charge is 2.16. The predicted molar refractivity (Wildman–Crippen MR) is 54.9 cm³/mol. The zero-order chi connectivity index (χ0) is 11.5. The molecule has 0 aliphatic heterocycles. The average molecular weight is 222 g/mol. The Morgan fingerprint density at radius 2 is 2.19 bits per heavy atom. The summed E-state index contributed by atoms with van der Waals surface area (Å²) >= 11 is 0. The van der Waals surface area contributed by atoms with Gasteiger partial charge in [-0.05, 0) is 18.6 Å². The number of halogens is 1. The Balaban J connectivity index is 2.35. The molecule has 5 heteroatoms. The van der Waals surface area contributed by atoms with E-state index in [9.17, 15) is 9.50 Å². The van der Waals surface area contributed by atoms with Gasteiger partial charge in [-0.3, -0.25) is 0 Å². The van der Waals surface area contributed by atoms with E-state index in [2.05, 4.69) is 10.1 Å². The van der Waals surface area contributed by atoms with Gasteiger partial charge in [-0.25, -0.2) is 4.39 Å². The summed E-state index contributed by atoms with van der Waals surface area (Å²) in [6.07, 6.45) is -0.291. The van der Waals surface area contributed by atoms with Crippen LogP contribution in [0, 0.1) is 5.82 Å². The van der Waals surface area contributed by atoms with Crippen LogP contribution in [-0.4, -0.2) is 15.2 Å². The Labute approximate surface area is 91.7 Å². The van der Waals surface area contributed by atoms with Crippen molar-refractivity contribution >= 4 is 0 Å². The quantitative estimate of drug-likeness (QED) is 0.865. The average Bonchev–Trinajstić information content (AvgIpc) is 2.78. The van der Waals surface area contributed by atoms with Crippen molar-refractivity contribution in [2.75, 3.05) is 0 Å². The number of hydrogen-bond acceptors (Lipinski definition) is 4. The lowest BCUT2D eigenvalue weighted by molar-refractivity contribution is 0.159. The van der Waals surface area contributed by atoms with Gasteiger partial charge in [0.2, 0.25) is 5.82 Å². The molecule has 1 atom stereocenters. The van der Waals surface area contributed by atoms with Crippen LogP contribution >= 0.6 is 0 Å². The largest absolute Gasteiger partial charge is 0.385 e. The molecule has 0 aliphatic carbocycles. The second kappa shape index (κ2) is 4.40. The van der Waals surface area contributed by atoms with E-state index in [0.29, 0.717) is 6.42 Å². The molecule has 16 heavy (non-hydrogen) atoms. The monoisotopic (exact) mass is 222 g/mol. The van der Waals surface area contributed by atoms with Gasteiger partial charge in [-0.2, -0.15) is 4.98 Å². The Morgan fingerprint density at radius 3 is 2.88 bits per heavy atom. The first-order chi connectivity index (χ1) is 7.72. The van der Waals surface area contributed by atoms with Crippen molar-refractivity contribution in [1.29, 1.82) is 0 Å². The molecule has 0 amide bonds. The third kappa shape index (κ3) is 1.94. The van der Waals surface area contributed by atoms with Crippen LogP contribution in [0.3, 0.4) is 0 Å². The van der Waals surface area contributed by atoms with Crippen LogP contribution < -0.4 is 0 Å². The van der Waals surface area contributed by atoms with Gasteiger partial charge >= 0.3 is 0 Å². The molecule has 2 rings (SSSR count). The van der Waals surface area contributed by atoms with Crippen LogP contribution in [0.5, 0.6) is 0 Å². The van der Waals surface area contributed by atoms with Gasteiger partial charge in [-0.15, -0.1) is 0 Å². The minimum absolute atomic E-state index is 0.0839. The van der Waals surface area contributed by atoms with Gasteiger partial charge in [0.15, 0.2) is 0 Å². The lowest BCUT2D eigenvalue weighted by Crippen LogP contribution is -1.97. The lowest BCUT2D eigenvalue weighted by atomic mass is 10.2. The fraction of sp³-hybridized carbons (Fsp3) is 0.273. The van der Waals surface area contributed by atoms with E-state index in [1.165, 1.54) is 6.07 Å². The highest BCUT2D eigenvalue weighted by Crippen LogP contribution is 2.22. The van der Waals surface area contributed by atoms with E-state index in [-0.39, 0.29) is 17.3 Å². The molecule has 1 aromatic carbocycles. The molecule has 4 nitrogen and oxygen atoms in total. The van der Waals surface area contributed by atoms with Crippen molar-refractivity contribution in [2.24, 2.45) is 0 Å². The number of nitrogens with zero attached hydrogens (tertiary/aromatic N) is 2. The standard InChI is InChI=1S/C11H11FN2O2/c1-2-9(15)10-13-11(16-14-10)7-5-3-4-6-8(7)12/h3-6,9,15H,2H2,1H3. The molecule has 0 spiro atoms. The van der Waals surface area contributed by atoms with Crippen LogP contribution in [-0.2, 0) is 0 Å². The first kappa shape index (κ1) is 10.8. The molecular formula is C11H11FN2O2. The fourth-order valence-electron chi connectivity index (χ4n) is 1.30. The summed E-state index contributed by atoms with van der Waals surface area (Å²) in [6, 6.07) is 6.12. The van der Waals surface area contributed by atoms with Crippen LogP contribution in [0.2, 0.25) is 0 Å². The van der Waals surface area contributed by atoms with Gasteiger partial charge < -0.3 is 9.63 Å². The Morgan fingerprint density at radius 1 is 1.44 bits per heavy atom. The minimum Gasteiger partial charge on any atom is -0.385 e. The second-order valence-electron chi connectivity index (χ2n) is 3.36. The first-order valence-corrected chi connectivity index (χ1v) is 4.99. The number of aliphatic hydroxyl groups excluding tert-OH is 1. The zero-order valence-electron chi connectivity index (χ0n) is 8.72. The first-order valence-electron chi connectivity index (χ1n) is 4.99. The third-order valence-electron chi connectivity index (χ3n) is 2.23. The summed E-state index contributed by atoms with van der Waals surface area (Å²) in [5.41, 5.74) is 0.240. The number of aliphatic hydroxyl groups is 1. The van der Waals surface area contributed by atoms with Crippen LogP contribution in [0.25, 0.3) is 11.5 Å². The van der Waals surface area contributed by atoms with E-state index >= 15 is 0 Å². The van der Waals surface area contributed by atoms with Crippen molar-refractivity contribution in [2.45, 2.75) is 19.4 Å². The molecule has 0 aliphatic rings. The predicted octanol–water partition coefficient (Wildman–Crippen LogP) is 2.32. The van der Waals surface area contributed by atoms with Gasteiger partial charge in [0, 0.05) is 0 Å². The Bertz CT molecular complexity index is 484. The molecule has 0 bridgehead atoms. The summed E-state index contributed by atoms with van der Waals surface area (Å²) in [5.74, 6) is -0.162. The number of benzene rings is 1. The van der Waals surface area contributed by atoms with Crippen molar-refractivity contribution in [1.82, 2.24) is 10.1 Å². The maximum Gasteiger partial charge on any atom is 0.260 e. The van der Waals surface area contributed by atoms with Crippen molar-refractivity contribution < 1.29 is 14.0 Å². The fourth-order valence-corrected chi connectivity index (χ4v) is 1.30. The molecule has 0 fully saturated rings. The van der Waals surface area contributed by atoms with Gasteiger partial charge in [0.1, 0.15) is 11.9 Å². The topological polar surface area (TPSA) is 59.2 Å². The number of aromatic nitrogens is 2. The van der Waals surface area contributed by atoms with Crippen LogP contribution in [0.1, 0.15) is 25.3 Å².